The van der Waals surface area contributed by atoms with Gasteiger partial charge in [0.1, 0.15) is 0 Å². The van der Waals surface area contributed by atoms with Crippen LogP contribution in [0.15, 0.2) is 30.3 Å². The Morgan fingerprint density at radius 2 is 1.67 bits per heavy atom. The Kier molecular flexibility index (Phi) is 4.81. The molecule has 0 atom stereocenters. The van der Waals surface area contributed by atoms with E-state index in [1.54, 1.807) is 0 Å². The van der Waals surface area contributed by atoms with Gasteiger partial charge in [0.25, 0.3) is 0 Å². The van der Waals surface area contributed by atoms with Gasteiger partial charge in [0, 0.05) is 45.0 Å². The maximum atomic E-state index is 3.44. The minimum Gasteiger partial charge on any atom is -0.369 e. The van der Waals surface area contributed by atoms with Gasteiger partial charge in [0.15, 0.2) is 0 Å². The minimum atomic E-state index is 0.545. The summed E-state index contributed by atoms with van der Waals surface area (Å²) in [4.78, 5) is 5.22. The molecule has 3 nitrogen and oxygen atoms in total. The smallest absolute Gasteiger partial charge is 0.0367 e. The summed E-state index contributed by atoms with van der Waals surface area (Å²) in [7, 11) is 2.10. The van der Waals surface area contributed by atoms with Crippen LogP contribution in [0, 0.1) is 5.41 Å². The molecule has 3 heteroatoms. The predicted molar refractivity (Wildman–Crippen MR) is 89.9 cm³/mol. The topological polar surface area (TPSA) is 18.5 Å². The van der Waals surface area contributed by atoms with Crippen molar-refractivity contribution in [1.29, 1.82) is 0 Å². The van der Waals surface area contributed by atoms with Gasteiger partial charge in [-0.3, -0.25) is 4.90 Å². The van der Waals surface area contributed by atoms with Gasteiger partial charge in [-0.15, -0.1) is 0 Å². The molecule has 2 aliphatic rings. The molecule has 1 heterocycles. The van der Waals surface area contributed by atoms with Crippen molar-refractivity contribution in [2.45, 2.75) is 25.7 Å². The molecule has 0 bridgehead atoms. The fourth-order valence-corrected chi connectivity index (χ4v) is 4.17. The van der Waals surface area contributed by atoms with E-state index >= 15 is 0 Å². The first-order valence-electron chi connectivity index (χ1n) is 8.48. The molecule has 1 aromatic carbocycles. The number of nitrogens with zero attached hydrogens (tertiary/aromatic N) is 2. The van der Waals surface area contributed by atoms with Gasteiger partial charge in [-0.05, 0) is 37.4 Å². The third-order valence-corrected chi connectivity index (χ3v) is 5.27. The Morgan fingerprint density at radius 1 is 1.00 bits per heavy atom. The van der Waals surface area contributed by atoms with Crippen molar-refractivity contribution < 1.29 is 0 Å². The monoisotopic (exact) mass is 287 g/mol. The second-order valence-corrected chi connectivity index (χ2v) is 6.84. The minimum absolute atomic E-state index is 0.545. The first-order valence-corrected chi connectivity index (χ1v) is 8.48. The van der Waals surface area contributed by atoms with Gasteiger partial charge in [0.2, 0.25) is 0 Å². The van der Waals surface area contributed by atoms with E-state index in [0.29, 0.717) is 5.41 Å². The summed E-state index contributed by atoms with van der Waals surface area (Å²) < 4.78 is 0. The summed E-state index contributed by atoms with van der Waals surface area (Å²) in [6.45, 7) is 7.22. The van der Waals surface area contributed by atoms with Crippen molar-refractivity contribution in [2.24, 2.45) is 5.41 Å². The van der Waals surface area contributed by atoms with E-state index < -0.39 is 0 Å². The Balaban J connectivity index is 1.53. The van der Waals surface area contributed by atoms with Crippen LogP contribution in [0.4, 0.5) is 5.69 Å². The standard InChI is InChI=1S/C18H29N3/c1-19-15-18(9-5-6-10-18)16-20-11-13-21(14-12-20)17-7-3-2-4-8-17/h2-4,7-8,19H,5-6,9-16H2,1H3. The number of rotatable bonds is 5. The highest BCUT2D eigenvalue weighted by Crippen LogP contribution is 2.38. The highest BCUT2D eigenvalue weighted by atomic mass is 15.3. The van der Waals surface area contributed by atoms with Crippen LogP contribution in [0.5, 0.6) is 0 Å². The molecular formula is C18H29N3. The molecule has 1 aliphatic heterocycles. The number of nitrogens with one attached hydrogen (secondary N) is 1. The zero-order valence-electron chi connectivity index (χ0n) is 13.4. The molecule has 0 spiro atoms. The second-order valence-electron chi connectivity index (χ2n) is 6.84. The maximum absolute atomic E-state index is 3.44. The first-order chi connectivity index (χ1) is 10.3. The number of hydrogen-bond acceptors (Lipinski definition) is 3. The lowest BCUT2D eigenvalue weighted by molar-refractivity contribution is 0.144. The summed E-state index contributed by atoms with van der Waals surface area (Å²) in [5.41, 5.74) is 1.92. The predicted octanol–water partition coefficient (Wildman–Crippen LogP) is 2.59. The fraction of sp³-hybridized carbons (Fsp3) is 0.667. The molecule has 1 aromatic rings. The van der Waals surface area contributed by atoms with Crippen LogP contribution in [-0.2, 0) is 0 Å². The number of benzene rings is 1. The quantitative estimate of drug-likeness (QED) is 0.898. The molecule has 2 fully saturated rings. The lowest BCUT2D eigenvalue weighted by atomic mass is 9.85. The van der Waals surface area contributed by atoms with Crippen molar-refractivity contribution in [2.75, 3.05) is 51.2 Å². The van der Waals surface area contributed by atoms with Gasteiger partial charge < -0.3 is 10.2 Å². The van der Waals surface area contributed by atoms with Crippen LogP contribution >= 0.6 is 0 Å². The van der Waals surface area contributed by atoms with Gasteiger partial charge in [-0.1, -0.05) is 31.0 Å². The average Bonchev–Trinajstić information content (AvgIpc) is 2.98. The zero-order chi connectivity index (χ0) is 14.5. The van der Waals surface area contributed by atoms with E-state index in [2.05, 4.69) is 52.5 Å². The molecule has 1 N–H and O–H groups in total. The number of para-hydroxylation sites is 1. The third kappa shape index (κ3) is 3.58. The number of hydrogen-bond donors (Lipinski definition) is 1. The van der Waals surface area contributed by atoms with Gasteiger partial charge in [-0.2, -0.15) is 0 Å². The molecule has 1 saturated heterocycles. The Hall–Kier alpha value is -1.06. The maximum Gasteiger partial charge on any atom is 0.0367 e. The molecule has 1 aliphatic carbocycles. The molecule has 0 aromatic heterocycles. The SMILES string of the molecule is CNCC1(CN2CCN(c3ccccc3)CC2)CCCC1. The fourth-order valence-electron chi connectivity index (χ4n) is 4.17. The van der Waals surface area contributed by atoms with Gasteiger partial charge in [-0.25, -0.2) is 0 Å². The van der Waals surface area contributed by atoms with Crippen molar-refractivity contribution >= 4 is 5.69 Å². The van der Waals surface area contributed by atoms with Crippen molar-refractivity contribution in [3.63, 3.8) is 0 Å². The first kappa shape index (κ1) is 14.9. The van der Waals surface area contributed by atoms with E-state index in [1.165, 1.54) is 70.6 Å². The van der Waals surface area contributed by atoms with E-state index in [4.69, 9.17) is 0 Å². The summed E-state index contributed by atoms with van der Waals surface area (Å²) >= 11 is 0. The Bertz CT molecular complexity index is 417. The summed E-state index contributed by atoms with van der Waals surface area (Å²) in [6.07, 6.45) is 5.66. The summed E-state index contributed by atoms with van der Waals surface area (Å²) in [5, 5.41) is 3.44. The van der Waals surface area contributed by atoms with Crippen LogP contribution < -0.4 is 10.2 Å². The highest BCUT2D eigenvalue weighted by molar-refractivity contribution is 5.46. The third-order valence-electron chi connectivity index (χ3n) is 5.27. The van der Waals surface area contributed by atoms with Gasteiger partial charge in [0.05, 0.1) is 0 Å². The van der Waals surface area contributed by atoms with Crippen LogP contribution in [0.1, 0.15) is 25.7 Å². The van der Waals surface area contributed by atoms with E-state index in [0.717, 1.165) is 0 Å². The van der Waals surface area contributed by atoms with Gasteiger partial charge >= 0.3 is 0 Å². The second kappa shape index (κ2) is 6.80. The van der Waals surface area contributed by atoms with Crippen LogP contribution in [0.25, 0.3) is 0 Å². The normalized spacial score (nSPS) is 22.6. The lowest BCUT2D eigenvalue weighted by Gasteiger charge is -2.41. The molecule has 116 valence electrons. The molecule has 0 radical (unpaired) electrons. The van der Waals surface area contributed by atoms with Crippen LogP contribution in [0.3, 0.4) is 0 Å². The zero-order valence-corrected chi connectivity index (χ0v) is 13.4. The molecular weight excluding hydrogens is 258 g/mol. The van der Waals surface area contributed by atoms with Crippen molar-refractivity contribution in [3.8, 4) is 0 Å². The molecule has 21 heavy (non-hydrogen) atoms. The lowest BCUT2D eigenvalue weighted by Crippen LogP contribution is -2.51. The highest BCUT2D eigenvalue weighted by Gasteiger charge is 2.35. The molecule has 0 amide bonds. The Labute approximate surface area is 129 Å². The van der Waals surface area contributed by atoms with E-state index in [1.807, 2.05) is 0 Å². The molecule has 0 unspecified atom stereocenters. The number of piperazine rings is 1. The molecule has 3 rings (SSSR count). The Morgan fingerprint density at radius 3 is 2.29 bits per heavy atom. The van der Waals surface area contributed by atoms with E-state index in [-0.39, 0.29) is 0 Å². The van der Waals surface area contributed by atoms with Crippen LogP contribution in [-0.4, -0.2) is 51.2 Å². The van der Waals surface area contributed by atoms with E-state index in [9.17, 15) is 0 Å². The van der Waals surface area contributed by atoms with Crippen molar-refractivity contribution in [1.82, 2.24) is 10.2 Å². The molecule has 1 saturated carbocycles. The largest absolute Gasteiger partial charge is 0.369 e. The number of anilines is 1. The summed E-state index contributed by atoms with van der Waals surface area (Å²) in [6, 6.07) is 10.8. The van der Waals surface area contributed by atoms with Crippen LogP contribution in [0.2, 0.25) is 0 Å². The summed E-state index contributed by atoms with van der Waals surface area (Å²) in [5.74, 6) is 0. The average molecular weight is 287 g/mol. The van der Waals surface area contributed by atoms with Crippen molar-refractivity contribution in [3.05, 3.63) is 30.3 Å².